The van der Waals surface area contributed by atoms with E-state index in [1.54, 1.807) is 0 Å². The van der Waals surface area contributed by atoms with Gasteiger partial charge in [-0.25, -0.2) is 0 Å². The molecule has 1 fully saturated rings. The van der Waals surface area contributed by atoms with Gasteiger partial charge in [0.1, 0.15) is 5.75 Å². The van der Waals surface area contributed by atoms with Gasteiger partial charge in [0.05, 0.1) is 25.8 Å². The summed E-state index contributed by atoms with van der Waals surface area (Å²) >= 11 is 0. The minimum atomic E-state index is -0.310. The molecule has 1 aliphatic rings. The van der Waals surface area contributed by atoms with Gasteiger partial charge in [0.25, 0.3) is 0 Å². The van der Waals surface area contributed by atoms with E-state index in [0.717, 1.165) is 25.9 Å². The summed E-state index contributed by atoms with van der Waals surface area (Å²) < 4.78 is 0.688. The van der Waals surface area contributed by atoms with Crippen molar-refractivity contribution in [2.75, 3.05) is 31.7 Å². The third kappa shape index (κ3) is 3.45. The van der Waals surface area contributed by atoms with Crippen LogP contribution in [0.1, 0.15) is 19.3 Å². The van der Waals surface area contributed by atoms with Crippen LogP contribution in [-0.2, 0) is 4.79 Å². The Labute approximate surface area is 113 Å². The van der Waals surface area contributed by atoms with Crippen molar-refractivity contribution >= 4 is 11.6 Å². The lowest BCUT2D eigenvalue weighted by atomic mass is 10.1. The third-order valence-corrected chi connectivity index (χ3v) is 3.74. The zero-order valence-corrected chi connectivity index (χ0v) is 11.2. The predicted octanol–water partition coefficient (Wildman–Crippen LogP) is 1.74. The van der Waals surface area contributed by atoms with Crippen molar-refractivity contribution in [3.8, 4) is 5.75 Å². The van der Waals surface area contributed by atoms with Crippen LogP contribution in [0.5, 0.6) is 5.75 Å². The van der Waals surface area contributed by atoms with Crippen molar-refractivity contribution in [1.82, 2.24) is 0 Å². The summed E-state index contributed by atoms with van der Waals surface area (Å²) in [4.78, 5) is 12.1. The molecule has 0 bridgehead atoms. The average Bonchev–Trinajstić information content (AvgIpc) is 2.39. The minimum absolute atomic E-state index is 0.111. The first kappa shape index (κ1) is 13.8. The molecule has 2 rings (SSSR count). The summed E-state index contributed by atoms with van der Waals surface area (Å²) in [7, 11) is 2.06. The first-order valence-corrected chi connectivity index (χ1v) is 6.65. The lowest BCUT2D eigenvalue weighted by Gasteiger charge is -2.37. The molecular formula is C14H21N2O3+. The number of piperidine rings is 1. The van der Waals surface area contributed by atoms with Gasteiger partial charge < -0.3 is 9.59 Å². The molecule has 0 radical (unpaired) electrons. The monoisotopic (exact) mass is 265 g/mol. The van der Waals surface area contributed by atoms with E-state index in [1.165, 1.54) is 30.7 Å². The molecule has 1 saturated heterocycles. The number of carbonyl (C=O) groups is 1. The van der Waals surface area contributed by atoms with Crippen molar-refractivity contribution in [2.45, 2.75) is 19.3 Å². The SMILES string of the molecule is C[N+]1(CC(=O)N(O)c2ccc(O)cc2)CCCCC1. The zero-order chi connectivity index (χ0) is 13.9. The Balaban J connectivity index is 2.00. The van der Waals surface area contributed by atoms with E-state index < -0.39 is 0 Å². The molecule has 0 spiro atoms. The van der Waals surface area contributed by atoms with E-state index in [4.69, 9.17) is 0 Å². The second-order valence-corrected chi connectivity index (χ2v) is 5.51. The highest BCUT2D eigenvalue weighted by molar-refractivity contribution is 5.91. The van der Waals surface area contributed by atoms with Crippen LogP contribution < -0.4 is 5.06 Å². The molecule has 1 aliphatic heterocycles. The van der Waals surface area contributed by atoms with E-state index in [1.807, 2.05) is 0 Å². The van der Waals surface area contributed by atoms with Crippen LogP contribution in [0.25, 0.3) is 0 Å². The van der Waals surface area contributed by atoms with Gasteiger partial charge >= 0.3 is 5.91 Å². The number of aromatic hydroxyl groups is 1. The molecule has 0 atom stereocenters. The van der Waals surface area contributed by atoms with Crippen LogP contribution in [0.15, 0.2) is 24.3 Å². The Hall–Kier alpha value is -1.59. The van der Waals surface area contributed by atoms with Gasteiger partial charge in [-0.15, -0.1) is 0 Å². The number of likely N-dealkylation sites (N-methyl/N-ethyl adjacent to an activating group) is 1. The summed E-state index contributed by atoms with van der Waals surface area (Å²) in [6.45, 7) is 2.27. The fraction of sp³-hybridized carbons (Fsp3) is 0.500. The van der Waals surface area contributed by atoms with Crippen molar-refractivity contribution in [2.24, 2.45) is 0 Å². The Kier molecular flexibility index (Phi) is 4.07. The third-order valence-electron chi connectivity index (χ3n) is 3.74. The number of hydrogen-bond acceptors (Lipinski definition) is 3. The minimum Gasteiger partial charge on any atom is -0.508 e. The Morgan fingerprint density at radius 3 is 2.37 bits per heavy atom. The van der Waals surface area contributed by atoms with Gasteiger partial charge in [-0.2, -0.15) is 5.06 Å². The smallest absolute Gasteiger partial charge is 0.305 e. The highest BCUT2D eigenvalue weighted by Crippen LogP contribution is 2.20. The summed E-state index contributed by atoms with van der Waals surface area (Å²) in [6.07, 6.45) is 3.49. The van der Waals surface area contributed by atoms with Crippen LogP contribution >= 0.6 is 0 Å². The molecule has 19 heavy (non-hydrogen) atoms. The lowest BCUT2D eigenvalue weighted by molar-refractivity contribution is -0.906. The number of benzene rings is 1. The fourth-order valence-electron chi connectivity index (χ4n) is 2.57. The van der Waals surface area contributed by atoms with E-state index in [2.05, 4.69) is 7.05 Å². The highest BCUT2D eigenvalue weighted by Gasteiger charge is 2.30. The molecule has 1 heterocycles. The number of carbonyl (C=O) groups excluding carboxylic acids is 1. The number of phenols is 1. The average molecular weight is 265 g/mol. The molecular weight excluding hydrogens is 244 g/mol. The molecule has 104 valence electrons. The maximum Gasteiger partial charge on any atom is 0.305 e. The number of quaternary nitrogens is 1. The molecule has 2 N–H and O–H groups in total. The number of nitrogens with zero attached hydrogens (tertiary/aromatic N) is 2. The van der Waals surface area contributed by atoms with E-state index in [9.17, 15) is 15.1 Å². The van der Waals surface area contributed by atoms with Crippen molar-refractivity contribution in [3.63, 3.8) is 0 Å². The largest absolute Gasteiger partial charge is 0.508 e. The molecule has 5 heteroatoms. The predicted molar refractivity (Wildman–Crippen MR) is 72.0 cm³/mol. The zero-order valence-electron chi connectivity index (χ0n) is 11.2. The molecule has 1 aromatic rings. The number of likely N-dealkylation sites (tertiary alicyclic amines) is 1. The molecule has 0 unspecified atom stereocenters. The van der Waals surface area contributed by atoms with Crippen LogP contribution in [-0.4, -0.2) is 47.4 Å². The van der Waals surface area contributed by atoms with Crippen molar-refractivity contribution < 1.29 is 19.6 Å². The van der Waals surface area contributed by atoms with Crippen LogP contribution in [0.3, 0.4) is 0 Å². The number of phenolic OH excluding ortho intramolecular Hbond substituents is 1. The van der Waals surface area contributed by atoms with E-state index in [-0.39, 0.29) is 11.7 Å². The standard InChI is InChI=1S/C14H20N2O3/c1-16(9-3-2-4-10-16)11-14(18)15(19)12-5-7-13(17)8-6-12/h5-8,19H,2-4,9-11H2,1H3/p+1. The summed E-state index contributed by atoms with van der Waals surface area (Å²) in [5, 5.41) is 19.8. The Morgan fingerprint density at radius 1 is 1.21 bits per heavy atom. The van der Waals surface area contributed by atoms with Gasteiger partial charge in [-0.3, -0.25) is 10.0 Å². The first-order valence-electron chi connectivity index (χ1n) is 6.65. The highest BCUT2D eigenvalue weighted by atomic mass is 16.5. The van der Waals surface area contributed by atoms with Crippen molar-refractivity contribution in [1.29, 1.82) is 0 Å². The van der Waals surface area contributed by atoms with E-state index >= 15 is 0 Å². The van der Waals surface area contributed by atoms with Crippen molar-refractivity contribution in [3.05, 3.63) is 24.3 Å². The van der Waals surface area contributed by atoms with Crippen LogP contribution in [0.2, 0.25) is 0 Å². The number of amides is 1. The Morgan fingerprint density at radius 2 is 1.79 bits per heavy atom. The molecule has 5 nitrogen and oxygen atoms in total. The van der Waals surface area contributed by atoms with Gasteiger partial charge in [-0.05, 0) is 43.5 Å². The van der Waals surface area contributed by atoms with Gasteiger partial charge in [0, 0.05) is 0 Å². The van der Waals surface area contributed by atoms with E-state index in [0.29, 0.717) is 21.8 Å². The summed E-state index contributed by atoms with van der Waals surface area (Å²) in [5.74, 6) is -0.199. The number of hydrogen-bond donors (Lipinski definition) is 2. The molecule has 0 saturated carbocycles. The molecule has 0 aliphatic carbocycles. The topological polar surface area (TPSA) is 60.8 Å². The lowest BCUT2D eigenvalue weighted by Crippen LogP contribution is -2.53. The maximum absolute atomic E-state index is 12.1. The fourth-order valence-corrected chi connectivity index (χ4v) is 2.57. The van der Waals surface area contributed by atoms with Gasteiger partial charge in [0.15, 0.2) is 6.54 Å². The normalized spacial score (nSPS) is 18.0. The van der Waals surface area contributed by atoms with Crippen LogP contribution in [0.4, 0.5) is 5.69 Å². The summed E-state index contributed by atoms with van der Waals surface area (Å²) in [5.41, 5.74) is 0.381. The molecule has 0 aromatic heterocycles. The second kappa shape index (κ2) is 5.59. The second-order valence-electron chi connectivity index (χ2n) is 5.51. The Bertz CT molecular complexity index is 439. The van der Waals surface area contributed by atoms with Gasteiger partial charge in [-0.1, -0.05) is 0 Å². The first-order chi connectivity index (χ1) is 9.00. The quantitative estimate of drug-likeness (QED) is 0.497. The maximum atomic E-state index is 12.1. The summed E-state index contributed by atoms with van der Waals surface area (Å²) in [6, 6.07) is 5.93. The number of rotatable bonds is 3. The molecule has 1 aromatic carbocycles. The number of hydroxylamine groups is 1. The molecule has 1 amide bonds. The van der Waals surface area contributed by atoms with Crippen LogP contribution in [0, 0.1) is 0 Å². The number of anilines is 1. The van der Waals surface area contributed by atoms with Gasteiger partial charge in [0.2, 0.25) is 0 Å².